The highest BCUT2D eigenvalue weighted by atomic mass is 16.5. The first-order valence-electron chi connectivity index (χ1n) is 8.66. The predicted molar refractivity (Wildman–Crippen MR) is 108 cm³/mol. The standard InChI is InChI=1S/C22H19N3O2/c1-15-20(27-2)13-18-19(26)14-21(24-16-9-5-3-6-10-16)25(22(18)23-15)17-11-7-4-8-12-17/h3-14,24H,1-2H3. The van der Waals surface area contributed by atoms with E-state index >= 15 is 0 Å². The Hall–Kier alpha value is -3.60. The van der Waals surface area contributed by atoms with E-state index in [0.717, 1.165) is 17.1 Å². The van der Waals surface area contributed by atoms with E-state index in [1.54, 1.807) is 19.2 Å². The molecule has 1 N–H and O–H groups in total. The van der Waals surface area contributed by atoms with Gasteiger partial charge in [0.15, 0.2) is 11.1 Å². The zero-order valence-electron chi connectivity index (χ0n) is 15.1. The Morgan fingerprint density at radius 3 is 2.30 bits per heavy atom. The Kier molecular flexibility index (Phi) is 4.34. The second-order valence-corrected chi connectivity index (χ2v) is 6.20. The van der Waals surface area contributed by atoms with Crippen molar-refractivity contribution in [2.24, 2.45) is 0 Å². The molecule has 0 saturated carbocycles. The minimum absolute atomic E-state index is 0.110. The van der Waals surface area contributed by atoms with Gasteiger partial charge in [-0.05, 0) is 37.3 Å². The van der Waals surface area contributed by atoms with Gasteiger partial charge in [-0.2, -0.15) is 0 Å². The molecule has 0 aliphatic carbocycles. The van der Waals surface area contributed by atoms with Crippen molar-refractivity contribution in [1.29, 1.82) is 0 Å². The zero-order chi connectivity index (χ0) is 18.8. The molecular formula is C22H19N3O2. The van der Waals surface area contributed by atoms with Crippen molar-refractivity contribution >= 4 is 22.5 Å². The second kappa shape index (κ2) is 6.96. The molecule has 0 radical (unpaired) electrons. The van der Waals surface area contributed by atoms with Crippen molar-refractivity contribution in [2.45, 2.75) is 6.92 Å². The van der Waals surface area contributed by atoms with E-state index in [-0.39, 0.29) is 5.43 Å². The van der Waals surface area contributed by atoms with Gasteiger partial charge in [0.1, 0.15) is 11.6 Å². The second-order valence-electron chi connectivity index (χ2n) is 6.20. The van der Waals surface area contributed by atoms with Crippen LogP contribution in [0, 0.1) is 6.92 Å². The maximum Gasteiger partial charge on any atom is 0.193 e. The lowest BCUT2D eigenvalue weighted by Crippen LogP contribution is -2.14. The quantitative estimate of drug-likeness (QED) is 0.586. The van der Waals surface area contributed by atoms with Crippen LogP contribution in [0.5, 0.6) is 5.75 Å². The van der Waals surface area contributed by atoms with Crippen LogP contribution in [0.25, 0.3) is 16.7 Å². The zero-order valence-corrected chi connectivity index (χ0v) is 15.1. The molecule has 0 bridgehead atoms. The summed E-state index contributed by atoms with van der Waals surface area (Å²) in [5.41, 5.74) is 3.02. The molecule has 0 fully saturated rings. The fourth-order valence-electron chi connectivity index (χ4n) is 3.11. The van der Waals surface area contributed by atoms with E-state index < -0.39 is 0 Å². The number of nitrogens with one attached hydrogen (secondary N) is 1. The van der Waals surface area contributed by atoms with Crippen molar-refractivity contribution in [2.75, 3.05) is 12.4 Å². The van der Waals surface area contributed by atoms with Crippen LogP contribution in [0.4, 0.5) is 11.5 Å². The number of aryl methyl sites for hydroxylation is 1. The summed E-state index contributed by atoms with van der Waals surface area (Å²) in [7, 11) is 1.58. The lowest BCUT2D eigenvalue weighted by molar-refractivity contribution is 0.410. The number of aromatic nitrogens is 2. The molecule has 2 heterocycles. The molecule has 0 aliphatic rings. The van der Waals surface area contributed by atoms with Gasteiger partial charge in [0.25, 0.3) is 0 Å². The van der Waals surface area contributed by atoms with Crippen LogP contribution in [-0.2, 0) is 0 Å². The number of rotatable bonds is 4. The molecule has 5 heteroatoms. The Morgan fingerprint density at radius 2 is 1.63 bits per heavy atom. The van der Waals surface area contributed by atoms with Crippen LogP contribution in [0.3, 0.4) is 0 Å². The van der Waals surface area contributed by atoms with Crippen LogP contribution < -0.4 is 15.5 Å². The fourth-order valence-corrected chi connectivity index (χ4v) is 3.11. The van der Waals surface area contributed by atoms with E-state index in [9.17, 15) is 4.79 Å². The van der Waals surface area contributed by atoms with Gasteiger partial charge >= 0.3 is 0 Å². The van der Waals surface area contributed by atoms with Crippen LogP contribution in [0.1, 0.15) is 5.69 Å². The molecule has 4 aromatic rings. The van der Waals surface area contributed by atoms with Crippen LogP contribution >= 0.6 is 0 Å². The van der Waals surface area contributed by atoms with Gasteiger partial charge in [-0.25, -0.2) is 4.98 Å². The topological polar surface area (TPSA) is 56.1 Å². The third kappa shape index (κ3) is 3.15. The first-order chi connectivity index (χ1) is 13.2. The molecule has 27 heavy (non-hydrogen) atoms. The lowest BCUT2D eigenvalue weighted by Gasteiger charge is -2.18. The van der Waals surface area contributed by atoms with E-state index in [2.05, 4.69) is 10.3 Å². The summed E-state index contributed by atoms with van der Waals surface area (Å²) in [6, 6.07) is 23.0. The molecule has 134 valence electrons. The first-order valence-corrected chi connectivity index (χ1v) is 8.66. The number of pyridine rings is 2. The van der Waals surface area contributed by atoms with Gasteiger partial charge in [-0.1, -0.05) is 36.4 Å². The minimum Gasteiger partial charge on any atom is -0.495 e. The highest BCUT2D eigenvalue weighted by Gasteiger charge is 2.15. The van der Waals surface area contributed by atoms with Gasteiger partial charge in [0.05, 0.1) is 18.2 Å². The Balaban J connectivity index is 2.03. The SMILES string of the molecule is COc1cc2c(=O)cc(Nc3ccccc3)n(-c3ccccc3)c2nc1C. The van der Waals surface area contributed by atoms with Crippen LogP contribution in [-0.4, -0.2) is 16.7 Å². The van der Waals surface area contributed by atoms with E-state index in [1.807, 2.05) is 72.2 Å². The fraction of sp³-hybridized carbons (Fsp3) is 0.0909. The molecule has 4 rings (SSSR count). The van der Waals surface area contributed by atoms with Crippen molar-refractivity contribution in [3.63, 3.8) is 0 Å². The van der Waals surface area contributed by atoms with Gasteiger partial charge in [0.2, 0.25) is 0 Å². The van der Waals surface area contributed by atoms with Gasteiger partial charge < -0.3 is 10.1 Å². The number of methoxy groups -OCH3 is 1. The molecule has 0 amide bonds. The third-order valence-corrected chi connectivity index (χ3v) is 4.41. The van der Waals surface area contributed by atoms with Crippen LogP contribution in [0.2, 0.25) is 0 Å². The van der Waals surface area contributed by atoms with E-state index in [4.69, 9.17) is 4.74 Å². The number of anilines is 2. The van der Waals surface area contributed by atoms with Crippen molar-refractivity contribution in [3.8, 4) is 11.4 Å². The normalized spacial score (nSPS) is 10.7. The molecule has 0 spiro atoms. The van der Waals surface area contributed by atoms with Crippen LogP contribution in [0.15, 0.2) is 77.6 Å². The number of hydrogen-bond acceptors (Lipinski definition) is 4. The summed E-state index contributed by atoms with van der Waals surface area (Å²) in [5, 5.41) is 3.86. The highest BCUT2D eigenvalue weighted by molar-refractivity contribution is 5.82. The molecule has 2 aromatic carbocycles. The van der Waals surface area contributed by atoms with E-state index in [0.29, 0.717) is 22.6 Å². The van der Waals surface area contributed by atoms with Crippen molar-refractivity contribution < 1.29 is 4.74 Å². The smallest absolute Gasteiger partial charge is 0.193 e. The Labute approximate surface area is 156 Å². The Bertz CT molecular complexity index is 1150. The summed E-state index contributed by atoms with van der Waals surface area (Å²) >= 11 is 0. The number of para-hydroxylation sites is 2. The molecule has 0 saturated heterocycles. The molecule has 0 atom stereocenters. The highest BCUT2D eigenvalue weighted by Crippen LogP contribution is 2.27. The summed E-state index contributed by atoms with van der Waals surface area (Å²) in [6.07, 6.45) is 0. The number of nitrogens with zero attached hydrogens (tertiary/aromatic N) is 2. The molecule has 0 aliphatic heterocycles. The minimum atomic E-state index is -0.110. The van der Waals surface area contributed by atoms with Gasteiger partial charge in [-0.3, -0.25) is 9.36 Å². The molecule has 0 unspecified atom stereocenters. The monoisotopic (exact) mass is 357 g/mol. The summed E-state index contributed by atoms with van der Waals surface area (Å²) < 4.78 is 7.31. The first kappa shape index (κ1) is 16.8. The average molecular weight is 357 g/mol. The Morgan fingerprint density at radius 1 is 0.963 bits per heavy atom. The van der Waals surface area contributed by atoms with Gasteiger partial charge in [-0.15, -0.1) is 0 Å². The largest absolute Gasteiger partial charge is 0.495 e. The average Bonchev–Trinajstić information content (AvgIpc) is 2.69. The maximum atomic E-state index is 12.8. The summed E-state index contributed by atoms with van der Waals surface area (Å²) in [4.78, 5) is 17.5. The van der Waals surface area contributed by atoms with Crippen molar-refractivity contribution in [3.05, 3.63) is 88.7 Å². The lowest BCUT2D eigenvalue weighted by atomic mass is 10.2. The van der Waals surface area contributed by atoms with Gasteiger partial charge in [0, 0.05) is 17.4 Å². The molecular weight excluding hydrogens is 338 g/mol. The number of hydrogen-bond donors (Lipinski definition) is 1. The maximum absolute atomic E-state index is 12.8. The molecule has 5 nitrogen and oxygen atoms in total. The van der Waals surface area contributed by atoms with E-state index in [1.165, 1.54) is 0 Å². The summed E-state index contributed by atoms with van der Waals surface area (Å²) in [6.45, 7) is 1.87. The third-order valence-electron chi connectivity index (χ3n) is 4.41. The van der Waals surface area contributed by atoms with Crippen molar-refractivity contribution in [1.82, 2.24) is 9.55 Å². The predicted octanol–water partition coefficient (Wildman–Crippen LogP) is 4.45. The number of fused-ring (bicyclic) bond motifs is 1. The molecule has 2 aromatic heterocycles. The summed E-state index contributed by atoms with van der Waals surface area (Å²) in [5.74, 6) is 1.25. The number of benzene rings is 2. The number of ether oxygens (including phenoxy) is 1.